The molecular formula is C17H17N3O2. The summed E-state index contributed by atoms with van der Waals surface area (Å²) >= 11 is 0. The number of nitrogens with zero attached hydrogens (tertiary/aromatic N) is 3. The standard InChI is InChI=1S/C17H17N3O2/c1-3-7-13-10-20-11-14(18-17(20)19-16(13)22-2)15(21)12-8-5-4-6-9-12/h4-6,8-11H,3,7H2,1-2H3. The lowest BCUT2D eigenvalue weighted by molar-refractivity contribution is 0.103. The van der Waals surface area contributed by atoms with Gasteiger partial charge in [0.2, 0.25) is 17.4 Å². The molecule has 2 aromatic heterocycles. The van der Waals surface area contributed by atoms with Crippen LogP contribution in [0.1, 0.15) is 35.0 Å². The van der Waals surface area contributed by atoms with Crippen molar-refractivity contribution < 1.29 is 9.53 Å². The van der Waals surface area contributed by atoms with E-state index in [0.29, 0.717) is 22.9 Å². The summed E-state index contributed by atoms with van der Waals surface area (Å²) in [7, 11) is 1.59. The second kappa shape index (κ2) is 5.97. The molecule has 0 amide bonds. The summed E-state index contributed by atoms with van der Waals surface area (Å²) in [6, 6.07) is 9.11. The van der Waals surface area contributed by atoms with Crippen molar-refractivity contribution in [1.29, 1.82) is 0 Å². The first kappa shape index (κ1) is 14.3. The van der Waals surface area contributed by atoms with Crippen molar-refractivity contribution >= 4 is 11.6 Å². The van der Waals surface area contributed by atoms with Crippen LogP contribution in [0.25, 0.3) is 5.78 Å². The van der Waals surface area contributed by atoms with E-state index < -0.39 is 0 Å². The maximum Gasteiger partial charge on any atom is 0.237 e. The third-order valence-corrected chi connectivity index (χ3v) is 3.47. The van der Waals surface area contributed by atoms with Crippen LogP contribution < -0.4 is 4.74 Å². The number of ketones is 1. The lowest BCUT2D eigenvalue weighted by Crippen LogP contribution is -2.00. The van der Waals surface area contributed by atoms with Gasteiger partial charge in [0.05, 0.1) is 7.11 Å². The Hall–Kier alpha value is -2.69. The fourth-order valence-corrected chi connectivity index (χ4v) is 2.41. The van der Waals surface area contributed by atoms with Crippen LogP contribution in [-0.2, 0) is 6.42 Å². The zero-order chi connectivity index (χ0) is 15.5. The molecule has 0 aliphatic rings. The van der Waals surface area contributed by atoms with Crippen molar-refractivity contribution in [3.63, 3.8) is 0 Å². The number of ether oxygens (including phenoxy) is 1. The molecule has 1 aromatic carbocycles. The number of aromatic nitrogens is 3. The Morgan fingerprint density at radius 1 is 1.18 bits per heavy atom. The molecule has 0 N–H and O–H groups in total. The predicted molar refractivity (Wildman–Crippen MR) is 83.4 cm³/mol. The first-order valence-electron chi connectivity index (χ1n) is 7.25. The Labute approximate surface area is 128 Å². The fraction of sp³-hybridized carbons (Fsp3) is 0.235. The molecule has 0 aliphatic carbocycles. The highest BCUT2D eigenvalue weighted by atomic mass is 16.5. The van der Waals surface area contributed by atoms with Crippen LogP contribution in [0.5, 0.6) is 5.88 Å². The molecule has 0 atom stereocenters. The van der Waals surface area contributed by atoms with Gasteiger partial charge in [-0.25, -0.2) is 4.98 Å². The van der Waals surface area contributed by atoms with Gasteiger partial charge in [-0.3, -0.25) is 9.20 Å². The monoisotopic (exact) mass is 295 g/mol. The molecule has 0 saturated heterocycles. The minimum Gasteiger partial charge on any atom is -0.481 e. The molecule has 2 heterocycles. The molecule has 22 heavy (non-hydrogen) atoms. The van der Waals surface area contributed by atoms with E-state index in [1.165, 1.54) is 0 Å². The van der Waals surface area contributed by atoms with Crippen LogP contribution >= 0.6 is 0 Å². The number of hydrogen-bond acceptors (Lipinski definition) is 4. The second-order valence-corrected chi connectivity index (χ2v) is 5.05. The van der Waals surface area contributed by atoms with Gasteiger partial charge in [-0.15, -0.1) is 0 Å². The summed E-state index contributed by atoms with van der Waals surface area (Å²) in [5, 5.41) is 0. The van der Waals surface area contributed by atoms with Crippen molar-refractivity contribution in [2.45, 2.75) is 19.8 Å². The van der Waals surface area contributed by atoms with Gasteiger partial charge in [0, 0.05) is 23.5 Å². The Balaban J connectivity index is 2.04. The summed E-state index contributed by atoms with van der Waals surface area (Å²) in [5.41, 5.74) is 2.01. The molecule has 0 saturated carbocycles. The summed E-state index contributed by atoms with van der Waals surface area (Å²) in [6.07, 6.45) is 5.51. The number of imidazole rings is 1. The largest absolute Gasteiger partial charge is 0.481 e. The summed E-state index contributed by atoms with van der Waals surface area (Å²) in [4.78, 5) is 21.2. The first-order chi connectivity index (χ1) is 10.7. The number of carbonyl (C=O) groups is 1. The zero-order valence-corrected chi connectivity index (χ0v) is 12.6. The Morgan fingerprint density at radius 2 is 1.95 bits per heavy atom. The van der Waals surface area contributed by atoms with Crippen LogP contribution in [0.4, 0.5) is 0 Å². The maximum atomic E-state index is 12.4. The molecule has 5 heteroatoms. The fourth-order valence-electron chi connectivity index (χ4n) is 2.41. The molecule has 5 nitrogen and oxygen atoms in total. The van der Waals surface area contributed by atoms with Gasteiger partial charge in [0.1, 0.15) is 5.69 Å². The maximum absolute atomic E-state index is 12.4. The van der Waals surface area contributed by atoms with Crippen molar-refractivity contribution in [1.82, 2.24) is 14.4 Å². The molecule has 0 radical (unpaired) electrons. The van der Waals surface area contributed by atoms with Crippen LogP contribution in [0.3, 0.4) is 0 Å². The van der Waals surface area contributed by atoms with Gasteiger partial charge >= 0.3 is 0 Å². The van der Waals surface area contributed by atoms with Gasteiger partial charge in [0.15, 0.2) is 0 Å². The van der Waals surface area contributed by atoms with Crippen molar-refractivity contribution in [3.8, 4) is 5.88 Å². The van der Waals surface area contributed by atoms with Gasteiger partial charge in [-0.2, -0.15) is 4.98 Å². The zero-order valence-electron chi connectivity index (χ0n) is 12.6. The summed E-state index contributed by atoms with van der Waals surface area (Å²) in [5.74, 6) is 0.928. The highest BCUT2D eigenvalue weighted by Gasteiger charge is 2.15. The first-order valence-corrected chi connectivity index (χ1v) is 7.25. The van der Waals surface area contributed by atoms with Crippen LogP contribution in [-0.4, -0.2) is 27.3 Å². The van der Waals surface area contributed by atoms with E-state index >= 15 is 0 Å². The van der Waals surface area contributed by atoms with Gasteiger partial charge in [-0.1, -0.05) is 43.7 Å². The van der Waals surface area contributed by atoms with Crippen LogP contribution in [0.2, 0.25) is 0 Å². The lowest BCUT2D eigenvalue weighted by Gasteiger charge is -2.06. The summed E-state index contributed by atoms with van der Waals surface area (Å²) < 4.78 is 7.09. The van der Waals surface area contributed by atoms with Crippen molar-refractivity contribution in [3.05, 3.63) is 59.5 Å². The minimum atomic E-state index is -0.109. The topological polar surface area (TPSA) is 56.5 Å². The number of benzene rings is 1. The van der Waals surface area contributed by atoms with E-state index in [2.05, 4.69) is 16.9 Å². The number of carbonyl (C=O) groups excluding carboxylic acids is 1. The van der Waals surface area contributed by atoms with E-state index in [9.17, 15) is 4.79 Å². The highest BCUT2D eigenvalue weighted by molar-refractivity contribution is 6.07. The third kappa shape index (κ3) is 2.57. The molecule has 3 rings (SSSR count). The average Bonchev–Trinajstić information content (AvgIpc) is 2.97. The third-order valence-electron chi connectivity index (χ3n) is 3.47. The molecule has 0 spiro atoms. The van der Waals surface area contributed by atoms with Crippen molar-refractivity contribution in [2.24, 2.45) is 0 Å². The molecule has 0 fully saturated rings. The normalized spacial score (nSPS) is 10.8. The van der Waals surface area contributed by atoms with E-state index in [0.717, 1.165) is 18.4 Å². The predicted octanol–water partition coefficient (Wildman–Crippen LogP) is 2.92. The van der Waals surface area contributed by atoms with E-state index in [1.807, 2.05) is 24.4 Å². The van der Waals surface area contributed by atoms with E-state index in [-0.39, 0.29) is 5.78 Å². The number of hydrogen-bond donors (Lipinski definition) is 0. The Bertz CT molecular complexity index is 809. The molecule has 0 unspecified atom stereocenters. The molecule has 0 aliphatic heterocycles. The van der Waals surface area contributed by atoms with Gasteiger partial charge < -0.3 is 4.74 Å². The molecule has 3 aromatic rings. The second-order valence-electron chi connectivity index (χ2n) is 5.05. The van der Waals surface area contributed by atoms with Crippen LogP contribution in [0, 0.1) is 0 Å². The van der Waals surface area contributed by atoms with Crippen LogP contribution in [0.15, 0.2) is 42.7 Å². The minimum absolute atomic E-state index is 0.109. The number of rotatable bonds is 5. The number of aryl methyl sites for hydroxylation is 1. The quantitative estimate of drug-likeness (QED) is 0.679. The molecule has 0 bridgehead atoms. The highest BCUT2D eigenvalue weighted by Crippen LogP contribution is 2.19. The van der Waals surface area contributed by atoms with Crippen molar-refractivity contribution in [2.75, 3.05) is 7.11 Å². The Morgan fingerprint density at radius 3 is 2.64 bits per heavy atom. The summed E-state index contributed by atoms with van der Waals surface area (Å²) in [6.45, 7) is 2.10. The number of methoxy groups -OCH3 is 1. The molecule has 112 valence electrons. The van der Waals surface area contributed by atoms with E-state index in [4.69, 9.17) is 4.74 Å². The molecular weight excluding hydrogens is 278 g/mol. The number of fused-ring (bicyclic) bond motifs is 1. The lowest BCUT2D eigenvalue weighted by atomic mass is 10.1. The SMILES string of the molecule is CCCc1cn2cc(C(=O)c3ccccc3)nc2nc1OC. The average molecular weight is 295 g/mol. The van der Waals surface area contributed by atoms with Gasteiger partial charge in [0.25, 0.3) is 0 Å². The smallest absolute Gasteiger partial charge is 0.237 e. The van der Waals surface area contributed by atoms with E-state index in [1.54, 1.807) is 29.8 Å². The van der Waals surface area contributed by atoms with Gasteiger partial charge in [-0.05, 0) is 6.42 Å². The Kier molecular flexibility index (Phi) is 3.87.